The lowest BCUT2D eigenvalue weighted by atomic mass is 9.71. The molecule has 3 unspecified atom stereocenters. The summed E-state index contributed by atoms with van der Waals surface area (Å²) >= 11 is 1.32. The molecule has 9 nitrogen and oxygen atoms in total. The lowest BCUT2D eigenvalue weighted by Gasteiger charge is -2.46. The van der Waals surface area contributed by atoms with Gasteiger partial charge < -0.3 is 24.8 Å². The molecule has 0 saturated heterocycles. The molecule has 0 bridgehead atoms. The number of hydrogen-bond donors (Lipinski definition) is 2. The molecule has 0 fully saturated rings. The summed E-state index contributed by atoms with van der Waals surface area (Å²) in [6.45, 7) is 9.42. The number of ether oxygens (including phenoxy) is 3. The number of carbonyl (C=O) groups excluding carboxylic acids is 3. The molecule has 1 aliphatic heterocycles. The van der Waals surface area contributed by atoms with E-state index in [1.54, 1.807) is 27.7 Å². The summed E-state index contributed by atoms with van der Waals surface area (Å²) < 4.78 is 16.3. The zero-order valence-corrected chi connectivity index (χ0v) is 25.4. The minimum absolute atomic E-state index is 0.163. The lowest BCUT2D eigenvalue weighted by molar-refractivity contribution is -0.152. The van der Waals surface area contributed by atoms with E-state index in [4.69, 9.17) is 14.2 Å². The van der Waals surface area contributed by atoms with Crippen molar-refractivity contribution in [1.82, 2.24) is 10.3 Å². The highest BCUT2D eigenvalue weighted by molar-refractivity contribution is 7.15. The Morgan fingerprint density at radius 3 is 2.12 bits per heavy atom. The lowest BCUT2D eigenvalue weighted by Crippen LogP contribution is -2.62. The van der Waals surface area contributed by atoms with Gasteiger partial charge in [-0.15, -0.1) is 11.3 Å². The van der Waals surface area contributed by atoms with E-state index in [-0.39, 0.29) is 25.5 Å². The van der Waals surface area contributed by atoms with Gasteiger partial charge in [0.2, 0.25) is 0 Å². The van der Waals surface area contributed by atoms with Crippen molar-refractivity contribution in [3.8, 4) is 0 Å². The van der Waals surface area contributed by atoms with Crippen LogP contribution in [-0.2, 0) is 30.2 Å². The number of nitrogens with one attached hydrogen (secondary N) is 2. The fourth-order valence-corrected chi connectivity index (χ4v) is 6.47. The Bertz CT molecular complexity index is 1440. The number of carbonyl (C=O) groups is 3. The second kappa shape index (κ2) is 13.7. The number of anilines is 1. The smallest absolute Gasteiger partial charge is 0.358 e. The van der Waals surface area contributed by atoms with E-state index in [0.717, 1.165) is 16.0 Å². The first-order chi connectivity index (χ1) is 20.2. The van der Waals surface area contributed by atoms with Gasteiger partial charge in [-0.25, -0.2) is 14.6 Å². The molecule has 10 heteroatoms. The van der Waals surface area contributed by atoms with E-state index in [0.29, 0.717) is 22.8 Å². The molecule has 3 aromatic rings. The van der Waals surface area contributed by atoms with Crippen LogP contribution in [0.4, 0.5) is 5.13 Å². The number of nitrogens with zero attached hydrogens (tertiary/aromatic N) is 1. The Kier molecular flexibility index (Phi) is 10.0. The predicted octanol–water partition coefficient (Wildman–Crippen LogP) is 5.44. The number of benzene rings is 2. The average molecular weight is 592 g/mol. The third-order valence-corrected chi connectivity index (χ3v) is 8.02. The Labute approximate surface area is 250 Å². The van der Waals surface area contributed by atoms with E-state index >= 15 is 0 Å². The molecule has 222 valence electrons. The maximum absolute atomic E-state index is 13.8. The van der Waals surface area contributed by atoms with Crippen LogP contribution < -0.4 is 10.6 Å². The first-order valence-electron chi connectivity index (χ1n) is 14.1. The van der Waals surface area contributed by atoms with Crippen LogP contribution in [0.2, 0.25) is 0 Å². The zero-order valence-electron chi connectivity index (χ0n) is 24.6. The van der Waals surface area contributed by atoms with Gasteiger partial charge in [0.05, 0.1) is 25.4 Å². The molecule has 3 atom stereocenters. The summed E-state index contributed by atoms with van der Waals surface area (Å²) in [5.41, 5.74) is 1.76. The van der Waals surface area contributed by atoms with Gasteiger partial charge in [-0.05, 0) is 45.7 Å². The molecule has 0 saturated carbocycles. The molecule has 2 heterocycles. The van der Waals surface area contributed by atoms with E-state index in [9.17, 15) is 14.4 Å². The van der Waals surface area contributed by atoms with Crippen LogP contribution in [-0.4, -0.2) is 48.4 Å². The van der Waals surface area contributed by atoms with Crippen molar-refractivity contribution in [3.05, 3.63) is 93.6 Å². The first-order valence-corrected chi connectivity index (χ1v) is 14.9. The van der Waals surface area contributed by atoms with Gasteiger partial charge in [-0.2, -0.15) is 0 Å². The normalized spacial score (nSPS) is 19.9. The molecule has 0 amide bonds. The third kappa shape index (κ3) is 6.65. The fraction of sp³-hybridized carbons (Fsp3) is 0.375. The number of hydrogen-bond acceptors (Lipinski definition) is 10. The van der Waals surface area contributed by atoms with Gasteiger partial charge in [0.25, 0.3) is 0 Å². The van der Waals surface area contributed by atoms with Crippen LogP contribution in [0.5, 0.6) is 0 Å². The van der Waals surface area contributed by atoms with Crippen LogP contribution in [0.1, 0.15) is 67.0 Å². The summed E-state index contributed by atoms with van der Waals surface area (Å²) in [6.07, 6.45) is 0.484. The largest absolute Gasteiger partial charge is 0.466 e. The average Bonchev–Trinajstić information content (AvgIpc) is 3.35. The highest BCUT2D eigenvalue weighted by Gasteiger charge is 2.53. The minimum atomic E-state index is -1.17. The molecule has 2 N–H and O–H groups in total. The monoisotopic (exact) mass is 591 g/mol. The summed E-state index contributed by atoms with van der Waals surface area (Å²) in [5, 5.41) is 7.21. The maximum Gasteiger partial charge on any atom is 0.358 e. The molecular weight excluding hydrogens is 554 g/mol. The van der Waals surface area contributed by atoms with E-state index < -0.39 is 35.4 Å². The molecule has 42 heavy (non-hydrogen) atoms. The Morgan fingerprint density at radius 1 is 0.905 bits per heavy atom. The van der Waals surface area contributed by atoms with Crippen molar-refractivity contribution in [1.29, 1.82) is 0 Å². The molecule has 1 aromatic heterocycles. The van der Waals surface area contributed by atoms with Gasteiger partial charge in [-0.1, -0.05) is 60.7 Å². The molecule has 0 radical (unpaired) electrons. The van der Waals surface area contributed by atoms with Crippen molar-refractivity contribution >= 4 is 34.4 Å². The number of esters is 3. The van der Waals surface area contributed by atoms with Crippen LogP contribution in [0.3, 0.4) is 0 Å². The highest BCUT2D eigenvalue weighted by atomic mass is 32.1. The van der Waals surface area contributed by atoms with Gasteiger partial charge in [-0.3, -0.25) is 4.79 Å². The molecular formula is C32H37N3O6S. The Morgan fingerprint density at radius 2 is 1.50 bits per heavy atom. The van der Waals surface area contributed by atoms with Crippen molar-refractivity contribution in [2.45, 2.75) is 52.6 Å². The van der Waals surface area contributed by atoms with Gasteiger partial charge in [0.15, 0.2) is 10.8 Å². The van der Waals surface area contributed by atoms with Crippen molar-refractivity contribution in [3.63, 3.8) is 0 Å². The van der Waals surface area contributed by atoms with E-state index in [1.807, 2.05) is 67.6 Å². The minimum Gasteiger partial charge on any atom is -0.466 e. The summed E-state index contributed by atoms with van der Waals surface area (Å²) in [5.74, 6) is -3.10. The number of rotatable bonds is 11. The standard InChI is InChI=1S/C32H37N3O6S/c1-6-39-28(36)24-20(4)34-32(5,26(29(37)40-7-2)25(24)22-17-13-10-14-18-22)35-31-33-27(30(38)41-8-3)23(42-31)19-21-15-11-9-12-16-21/h9-18,25-26,34H,6-8,19H2,1-5H3,(H,33,35). The van der Waals surface area contributed by atoms with Crippen molar-refractivity contribution in [2.75, 3.05) is 25.1 Å². The second-order valence-electron chi connectivity index (χ2n) is 10.0. The summed E-state index contributed by atoms with van der Waals surface area (Å²) in [7, 11) is 0. The molecule has 0 aliphatic carbocycles. The maximum atomic E-state index is 13.8. The van der Waals surface area contributed by atoms with Gasteiger partial charge in [0.1, 0.15) is 11.6 Å². The molecule has 1 aliphatic rings. The predicted molar refractivity (Wildman–Crippen MR) is 161 cm³/mol. The molecule has 2 aromatic carbocycles. The van der Waals surface area contributed by atoms with Gasteiger partial charge >= 0.3 is 17.9 Å². The third-order valence-electron chi connectivity index (χ3n) is 7.05. The second-order valence-corrected chi connectivity index (χ2v) is 11.1. The zero-order chi connectivity index (χ0) is 30.3. The summed E-state index contributed by atoms with van der Waals surface area (Å²) in [4.78, 5) is 45.3. The fourth-order valence-electron chi connectivity index (χ4n) is 5.38. The molecule has 4 rings (SSSR count). The van der Waals surface area contributed by atoms with Crippen molar-refractivity contribution < 1.29 is 28.6 Å². The summed E-state index contributed by atoms with van der Waals surface area (Å²) in [6, 6.07) is 19.2. The van der Waals surface area contributed by atoms with Crippen LogP contribution in [0.15, 0.2) is 71.9 Å². The highest BCUT2D eigenvalue weighted by Crippen LogP contribution is 2.45. The topological polar surface area (TPSA) is 116 Å². The Balaban J connectivity index is 1.82. The van der Waals surface area contributed by atoms with Crippen molar-refractivity contribution in [2.24, 2.45) is 5.92 Å². The SMILES string of the molecule is CCOC(=O)C1=C(C)NC(C)(Nc2nc(C(=O)OCC)c(Cc3ccccc3)s2)C(C(=O)OCC)C1c1ccccc1. The first kappa shape index (κ1) is 30.8. The van der Waals surface area contributed by atoms with Crippen LogP contribution >= 0.6 is 11.3 Å². The van der Waals surface area contributed by atoms with E-state index in [1.165, 1.54) is 11.3 Å². The van der Waals surface area contributed by atoms with Crippen LogP contribution in [0, 0.1) is 5.92 Å². The number of allylic oxidation sites excluding steroid dienone is 1. The van der Waals surface area contributed by atoms with E-state index in [2.05, 4.69) is 15.6 Å². The van der Waals surface area contributed by atoms with Crippen LogP contribution in [0.25, 0.3) is 0 Å². The quantitative estimate of drug-likeness (QED) is 0.222. The molecule has 0 spiro atoms. The number of thiazole rings is 1. The number of aromatic nitrogens is 1. The van der Waals surface area contributed by atoms with Gasteiger partial charge in [0, 0.05) is 22.9 Å². The Hall–Kier alpha value is -4.18.